The maximum absolute atomic E-state index is 10.0. The summed E-state index contributed by atoms with van der Waals surface area (Å²) in [4.78, 5) is 20.1. The summed E-state index contributed by atoms with van der Waals surface area (Å²) in [6.45, 7) is 2.81. The van der Waals surface area contributed by atoms with Crippen molar-refractivity contribution in [1.82, 2.24) is 0 Å². The predicted molar refractivity (Wildman–Crippen MR) is 111 cm³/mol. The summed E-state index contributed by atoms with van der Waals surface area (Å²) in [6, 6.07) is 32.3. The van der Waals surface area contributed by atoms with Crippen molar-refractivity contribution >= 4 is 35.4 Å². The summed E-state index contributed by atoms with van der Waals surface area (Å²) in [5.74, 6) is -0.125. The van der Waals surface area contributed by atoms with Crippen LogP contribution in [0.3, 0.4) is 0 Å². The smallest absolute Gasteiger partial charge is 0.137 e. The molecule has 2 nitrogen and oxygen atoms in total. The Hall–Kier alpha value is -1.95. The van der Waals surface area contributed by atoms with Crippen LogP contribution in [0.5, 0.6) is 0 Å². The average Bonchev–Trinajstić information content (AvgIpc) is 2.64. The molecule has 0 N–H and O–H groups in total. The zero-order valence-electron chi connectivity index (χ0n) is 15.5. The van der Waals surface area contributed by atoms with Crippen molar-refractivity contribution in [2.45, 2.75) is 20.3 Å². The molecule has 3 aromatic carbocycles. The first kappa shape index (κ1) is 23.1. The van der Waals surface area contributed by atoms with E-state index < -0.39 is 7.92 Å². The summed E-state index contributed by atoms with van der Waals surface area (Å²) in [6.07, 6.45) is 0.0833. The van der Waals surface area contributed by atoms with Crippen LogP contribution in [-0.2, 0) is 29.1 Å². The van der Waals surface area contributed by atoms with E-state index >= 15 is 0 Å². The molecule has 0 amide bonds. The Morgan fingerprint density at radius 1 is 0.593 bits per heavy atom. The number of rotatable bonds is 5. The summed E-state index contributed by atoms with van der Waals surface area (Å²) in [7, 11) is -0.446. The summed E-state index contributed by atoms with van der Waals surface area (Å²) >= 11 is 0. The molecule has 4 heteroatoms. The third-order valence-electron chi connectivity index (χ3n) is 3.54. The van der Waals surface area contributed by atoms with Crippen molar-refractivity contribution in [2.24, 2.45) is 0 Å². The second-order valence-corrected chi connectivity index (χ2v) is 8.14. The third-order valence-corrected chi connectivity index (χ3v) is 5.98. The van der Waals surface area contributed by atoms with E-state index in [0.717, 1.165) is 0 Å². The van der Waals surface area contributed by atoms with Crippen LogP contribution in [-0.4, -0.2) is 11.6 Å². The SMILES string of the molecule is CC(=O)CC(C)=O.[Rh].c1ccc(P(c2ccccc2)c2ccccc2)cc1. The second-order valence-electron chi connectivity index (χ2n) is 5.92. The number of carbonyl (C=O) groups excluding carboxylic acids is 2. The first-order chi connectivity index (χ1) is 12.6. The van der Waals surface area contributed by atoms with Gasteiger partial charge in [0.15, 0.2) is 0 Å². The number of Topliss-reactive ketones (excluding diaryl/α,β-unsaturated/α-hetero) is 2. The van der Waals surface area contributed by atoms with Gasteiger partial charge >= 0.3 is 0 Å². The minimum Gasteiger partial charge on any atom is -0.300 e. The molecule has 0 saturated heterocycles. The summed E-state index contributed by atoms with van der Waals surface area (Å²) in [5, 5.41) is 4.19. The Morgan fingerprint density at radius 3 is 1.04 bits per heavy atom. The zero-order valence-corrected chi connectivity index (χ0v) is 18.0. The molecule has 0 aliphatic carbocycles. The molecule has 0 bridgehead atoms. The Kier molecular flexibility index (Phi) is 10.6. The normalized spacial score (nSPS) is 9.59. The quantitative estimate of drug-likeness (QED) is 0.325. The van der Waals surface area contributed by atoms with Crippen LogP contribution in [0.25, 0.3) is 0 Å². The molecule has 0 unspecified atom stereocenters. The van der Waals surface area contributed by atoms with E-state index in [9.17, 15) is 9.59 Å². The Morgan fingerprint density at radius 2 is 0.852 bits per heavy atom. The van der Waals surface area contributed by atoms with Crippen molar-refractivity contribution in [1.29, 1.82) is 0 Å². The van der Waals surface area contributed by atoms with Gasteiger partial charge in [-0.2, -0.15) is 0 Å². The predicted octanol–water partition coefficient (Wildman–Crippen LogP) is 4.00. The first-order valence-corrected chi connectivity index (χ1v) is 9.86. The van der Waals surface area contributed by atoms with Gasteiger partial charge in [-0.15, -0.1) is 0 Å². The van der Waals surface area contributed by atoms with E-state index in [1.54, 1.807) is 0 Å². The van der Waals surface area contributed by atoms with Gasteiger partial charge in [0.05, 0.1) is 6.42 Å². The summed E-state index contributed by atoms with van der Waals surface area (Å²) in [5.41, 5.74) is 0. The van der Waals surface area contributed by atoms with Gasteiger partial charge in [-0.1, -0.05) is 91.0 Å². The van der Waals surface area contributed by atoms with Gasteiger partial charge in [-0.3, -0.25) is 9.59 Å². The number of benzene rings is 3. The van der Waals surface area contributed by atoms with Crippen molar-refractivity contribution in [3.05, 3.63) is 91.0 Å². The Bertz CT molecular complexity index is 715. The molecule has 0 saturated carbocycles. The van der Waals surface area contributed by atoms with Crippen LogP contribution in [0.4, 0.5) is 0 Å². The monoisotopic (exact) mass is 465 g/mol. The third kappa shape index (κ3) is 8.08. The van der Waals surface area contributed by atoms with E-state index in [1.165, 1.54) is 29.8 Å². The fourth-order valence-electron chi connectivity index (χ4n) is 2.53. The van der Waals surface area contributed by atoms with Crippen LogP contribution < -0.4 is 15.9 Å². The van der Waals surface area contributed by atoms with E-state index in [-0.39, 0.29) is 37.5 Å². The van der Waals surface area contributed by atoms with Crippen LogP contribution in [0.1, 0.15) is 20.3 Å². The van der Waals surface area contributed by atoms with Crippen LogP contribution >= 0.6 is 7.92 Å². The second kappa shape index (κ2) is 12.4. The number of carbonyl (C=O) groups is 2. The van der Waals surface area contributed by atoms with Crippen LogP contribution in [0, 0.1) is 0 Å². The molecule has 0 heterocycles. The first-order valence-electron chi connectivity index (χ1n) is 8.52. The Labute approximate surface area is 175 Å². The minimum atomic E-state index is -0.446. The molecule has 141 valence electrons. The van der Waals surface area contributed by atoms with E-state index in [2.05, 4.69) is 91.0 Å². The van der Waals surface area contributed by atoms with Crippen molar-refractivity contribution < 1.29 is 29.1 Å². The minimum absolute atomic E-state index is 0. The van der Waals surface area contributed by atoms with Gasteiger partial charge < -0.3 is 0 Å². The molecular weight excluding hydrogens is 442 g/mol. The number of hydrogen-bond donors (Lipinski definition) is 0. The molecule has 1 radical (unpaired) electrons. The average molecular weight is 465 g/mol. The van der Waals surface area contributed by atoms with Gasteiger partial charge in [0.25, 0.3) is 0 Å². The molecule has 0 fully saturated rings. The van der Waals surface area contributed by atoms with Gasteiger partial charge in [-0.05, 0) is 37.7 Å². The molecular formula is C23H23O2PRh. The van der Waals surface area contributed by atoms with Gasteiger partial charge in [-0.25, -0.2) is 0 Å². The molecule has 3 rings (SSSR count). The largest absolute Gasteiger partial charge is 0.300 e. The molecule has 27 heavy (non-hydrogen) atoms. The van der Waals surface area contributed by atoms with Gasteiger partial charge in [0.2, 0.25) is 0 Å². The summed E-state index contributed by atoms with van der Waals surface area (Å²) < 4.78 is 0. The number of ketones is 2. The molecule has 0 aliphatic rings. The molecule has 3 aromatic rings. The fourth-order valence-corrected chi connectivity index (χ4v) is 4.83. The fraction of sp³-hybridized carbons (Fsp3) is 0.130. The number of hydrogen-bond acceptors (Lipinski definition) is 2. The molecule has 0 aromatic heterocycles. The standard InChI is InChI=1S/C18H15P.C5H8O2.Rh/c1-4-10-16(11-5-1)19(17-12-6-2-7-13-17)18-14-8-3-9-15-18;1-4(6)3-5(2)7;/h1-15H;3H2,1-2H3;. The van der Waals surface area contributed by atoms with Crippen molar-refractivity contribution in [3.8, 4) is 0 Å². The molecule has 0 atom stereocenters. The van der Waals surface area contributed by atoms with E-state index in [0.29, 0.717) is 0 Å². The van der Waals surface area contributed by atoms with Crippen LogP contribution in [0.15, 0.2) is 91.0 Å². The maximum atomic E-state index is 10.0. The van der Waals surface area contributed by atoms with Crippen molar-refractivity contribution in [2.75, 3.05) is 0 Å². The van der Waals surface area contributed by atoms with E-state index in [4.69, 9.17) is 0 Å². The van der Waals surface area contributed by atoms with Gasteiger partial charge in [0, 0.05) is 19.5 Å². The molecule has 0 aliphatic heterocycles. The van der Waals surface area contributed by atoms with Crippen LogP contribution in [0.2, 0.25) is 0 Å². The molecule has 0 spiro atoms. The van der Waals surface area contributed by atoms with E-state index in [1.807, 2.05) is 0 Å². The zero-order chi connectivity index (χ0) is 18.8. The van der Waals surface area contributed by atoms with Gasteiger partial charge in [0.1, 0.15) is 11.6 Å². The topological polar surface area (TPSA) is 34.1 Å². The Balaban J connectivity index is 0.000000395. The maximum Gasteiger partial charge on any atom is 0.137 e. The van der Waals surface area contributed by atoms with Crippen molar-refractivity contribution in [3.63, 3.8) is 0 Å².